The van der Waals surface area contributed by atoms with Gasteiger partial charge in [0, 0.05) is 12.6 Å². The van der Waals surface area contributed by atoms with Gasteiger partial charge in [0.25, 0.3) is 5.91 Å². The van der Waals surface area contributed by atoms with Crippen LogP contribution in [0.4, 0.5) is 0 Å². The Hall–Kier alpha value is -1.43. The van der Waals surface area contributed by atoms with Crippen molar-refractivity contribution in [1.82, 2.24) is 25.4 Å². The minimum atomic E-state index is -0.210. The van der Waals surface area contributed by atoms with Crippen LogP contribution in [0.2, 0.25) is 0 Å². The van der Waals surface area contributed by atoms with Crippen molar-refractivity contribution in [1.29, 1.82) is 0 Å². The number of carbonyl (C=O) groups is 1. The van der Waals surface area contributed by atoms with E-state index in [4.69, 9.17) is 0 Å². The van der Waals surface area contributed by atoms with Crippen molar-refractivity contribution in [3.63, 3.8) is 0 Å². The van der Waals surface area contributed by atoms with Crippen molar-refractivity contribution < 1.29 is 4.79 Å². The van der Waals surface area contributed by atoms with Gasteiger partial charge in [-0.2, -0.15) is 5.10 Å². The third-order valence-corrected chi connectivity index (χ3v) is 2.60. The van der Waals surface area contributed by atoms with Crippen LogP contribution in [0.3, 0.4) is 0 Å². The molecule has 1 amide bonds. The Balaban J connectivity index is 2.44. The molecule has 1 heterocycles. The van der Waals surface area contributed by atoms with Gasteiger partial charge in [-0.1, -0.05) is 13.8 Å². The molecule has 1 aromatic heterocycles. The van der Waals surface area contributed by atoms with E-state index in [9.17, 15) is 4.79 Å². The molecule has 0 radical (unpaired) electrons. The quantitative estimate of drug-likeness (QED) is 0.758. The van der Waals surface area contributed by atoms with Crippen LogP contribution in [-0.2, 0) is 0 Å². The first-order valence-corrected chi connectivity index (χ1v) is 5.80. The molecule has 0 aliphatic rings. The Morgan fingerprint density at radius 3 is 2.71 bits per heavy atom. The van der Waals surface area contributed by atoms with Crippen molar-refractivity contribution in [2.45, 2.75) is 26.3 Å². The fourth-order valence-electron chi connectivity index (χ4n) is 1.63. The Morgan fingerprint density at radius 1 is 1.53 bits per heavy atom. The van der Waals surface area contributed by atoms with Crippen molar-refractivity contribution in [3.05, 3.63) is 12.2 Å². The number of H-pyrrole nitrogens is 1. The summed E-state index contributed by atoms with van der Waals surface area (Å²) in [7, 11) is 4.04. The molecule has 6 heteroatoms. The number of rotatable bonds is 6. The number of nitrogens with one attached hydrogen (secondary N) is 2. The third kappa shape index (κ3) is 4.52. The molecule has 0 aliphatic heterocycles. The molecular weight excluding hydrogens is 218 g/mol. The zero-order valence-corrected chi connectivity index (χ0v) is 10.9. The highest BCUT2D eigenvalue weighted by Crippen LogP contribution is 2.08. The summed E-state index contributed by atoms with van der Waals surface area (Å²) in [6.07, 6.45) is 2.37. The standard InChI is InChI=1S/C11H21N5O/c1-8(2)5-9(16(3)4)6-12-11(17)10-13-7-14-15-10/h7-9H,5-6H2,1-4H3,(H,12,17)(H,13,14,15). The Morgan fingerprint density at radius 2 is 2.24 bits per heavy atom. The molecular formula is C11H21N5O. The molecule has 1 atom stereocenters. The Bertz CT molecular complexity index is 334. The molecule has 17 heavy (non-hydrogen) atoms. The maximum atomic E-state index is 11.7. The van der Waals surface area contributed by atoms with E-state index in [2.05, 4.69) is 39.2 Å². The van der Waals surface area contributed by atoms with E-state index in [-0.39, 0.29) is 11.7 Å². The molecule has 0 aliphatic carbocycles. The monoisotopic (exact) mass is 239 g/mol. The predicted octanol–water partition coefficient (Wildman–Crippen LogP) is 0.511. The average molecular weight is 239 g/mol. The largest absolute Gasteiger partial charge is 0.348 e. The molecule has 0 bridgehead atoms. The highest BCUT2D eigenvalue weighted by Gasteiger charge is 2.16. The van der Waals surface area contributed by atoms with Crippen LogP contribution in [-0.4, -0.2) is 52.7 Å². The van der Waals surface area contributed by atoms with Crippen molar-refractivity contribution >= 4 is 5.91 Å². The van der Waals surface area contributed by atoms with Gasteiger partial charge in [0.1, 0.15) is 6.33 Å². The number of aromatic amines is 1. The lowest BCUT2D eigenvalue weighted by atomic mass is 10.0. The van der Waals surface area contributed by atoms with E-state index in [0.29, 0.717) is 18.5 Å². The van der Waals surface area contributed by atoms with E-state index in [1.165, 1.54) is 6.33 Å². The smallest absolute Gasteiger partial charge is 0.288 e. The Kier molecular flexibility index (Phi) is 5.09. The molecule has 96 valence electrons. The Labute approximate surface area is 102 Å². The topological polar surface area (TPSA) is 73.9 Å². The number of amides is 1. The summed E-state index contributed by atoms with van der Waals surface area (Å²) in [4.78, 5) is 17.6. The zero-order chi connectivity index (χ0) is 12.8. The highest BCUT2D eigenvalue weighted by molar-refractivity contribution is 5.90. The molecule has 0 saturated heterocycles. The van der Waals surface area contributed by atoms with Gasteiger partial charge in [0.05, 0.1) is 0 Å². The summed E-state index contributed by atoms with van der Waals surface area (Å²) in [6.45, 7) is 4.97. The van der Waals surface area contributed by atoms with Crippen LogP contribution in [0.1, 0.15) is 30.9 Å². The van der Waals surface area contributed by atoms with Gasteiger partial charge in [-0.05, 0) is 26.4 Å². The summed E-state index contributed by atoms with van der Waals surface area (Å²) in [5, 5.41) is 9.05. The predicted molar refractivity (Wildman–Crippen MR) is 65.6 cm³/mol. The van der Waals surface area contributed by atoms with Gasteiger partial charge in [0.15, 0.2) is 0 Å². The zero-order valence-electron chi connectivity index (χ0n) is 10.9. The first-order valence-electron chi connectivity index (χ1n) is 5.80. The molecule has 0 fully saturated rings. The minimum absolute atomic E-state index is 0.210. The summed E-state index contributed by atoms with van der Waals surface area (Å²) >= 11 is 0. The molecule has 0 spiro atoms. The van der Waals surface area contributed by atoms with Crippen LogP contribution in [0.5, 0.6) is 0 Å². The molecule has 0 saturated carbocycles. The van der Waals surface area contributed by atoms with E-state index in [1.54, 1.807) is 0 Å². The van der Waals surface area contributed by atoms with Crippen LogP contribution in [0.25, 0.3) is 0 Å². The number of hydrogen-bond acceptors (Lipinski definition) is 4. The minimum Gasteiger partial charge on any atom is -0.348 e. The lowest BCUT2D eigenvalue weighted by Gasteiger charge is -2.26. The maximum Gasteiger partial charge on any atom is 0.288 e. The van der Waals surface area contributed by atoms with Gasteiger partial charge >= 0.3 is 0 Å². The third-order valence-electron chi connectivity index (χ3n) is 2.60. The molecule has 1 unspecified atom stereocenters. The highest BCUT2D eigenvalue weighted by atomic mass is 16.2. The molecule has 0 aromatic carbocycles. The second kappa shape index (κ2) is 6.34. The molecule has 2 N–H and O–H groups in total. The van der Waals surface area contributed by atoms with Crippen LogP contribution in [0, 0.1) is 5.92 Å². The lowest BCUT2D eigenvalue weighted by Crippen LogP contribution is -2.41. The van der Waals surface area contributed by atoms with Crippen LogP contribution >= 0.6 is 0 Å². The second-order valence-corrected chi connectivity index (χ2v) is 4.79. The van der Waals surface area contributed by atoms with Crippen molar-refractivity contribution in [3.8, 4) is 0 Å². The van der Waals surface area contributed by atoms with E-state index in [0.717, 1.165) is 6.42 Å². The number of carbonyl (C=O) groups excluding carboxylic acids is 1. The lowest BCUT2D eigenvalue weighted by molar-refractivity contribution is 0.0928. The fourth-order valence-corrected chi connectivity index (χ4v) is 1.63. The van der Waals surface area contributed by atoms with E-state index < -0.39 is 0 Å². The molecule has 6 nitrogen and oxygen atoms in total. The summed E-state index contributed by atoms with van der Waals surface area (Å²) in [5.41, 5.74) is 0. The van der Waals surface area contributed by atoms with Crippen LogP contribution < -0.4 is 5.32 Å². The molecule has 1 aromatic rings. The summed E-state index contributed by atoms with van der Waals surface area (Å²) in [6, 6.07) is 0.335. The van der Waals surface area contributed by atoms with E-state index >= 15 is 0 Å². The van der Waals surface area contributed by atoms with E-state index in [1.807, 2.05) is 14.1 Å². The van der Waals surface area contributed by atoms with Crippen LogP contribution in [0.15, 0.2) is 6.33 Å². The van der Waals surface area contributed by atoms with Gasteiger partial charge in [-0.15, -0.1) is 0 Å². The normalized spacial score (nSPS) is 13.1. The second-order valence-electron chi connectivity index (χ2n) is 4.79. The van der Waals surface area contributed by atoms with Gasteiger partial charge in [-0.3, -0.25) is 9.89 Å². The van der Waals surface area contributed by atoms with Crippen molar-refractivity contribution in [2.75, 3.05) is 20.6 Å². The number of hydrogen-bond donors (Lipinski definition) is 2. The average Bonchev–Trinajstić information content (AvgIpc) is 2.76. The first-order chi connectivity index (χ1) is 8.00. The fraction of sp³-hybridized carbons (Fsp3) is 0.727. The van der Waals surface area contributed by atoms with Crippen molar-refractivity contribution in [2.24, 2.45) is 5.92 Å². The number of aromatic nitrogens is 3. The van der Waals surface area contributed by atoms with Gasteiger partial charge in [-0.25, -0.2) is 4.98 Å². The molecule has 1 rings (SSSR count). The SMILES string of the molecule is CC(C)CC(CNC(=O)c1ncn[nH]1)N(C)C. The maximum absolute atomic E-state index is 11.7. The van der Waals surface area contributed by atoms with Gasteiger partial charge < -0.3 is 10.2 Å². The number of likely N-dealkylation sites (N-methyl/N-ethyl adjacent to an activating group) is 1. The van der Waals surface area contributed by atoms with Gasteiger partial charge in [0.2, 0.25) is 5.82 Å². The summed E-state index contributed by atoms with van der Waals surface area (Å²) in [5.74, 6) is 0.648. The summed E-state index contributed by atoms with van der Waals surface area (Å²) < 4.78 is 0. The first kappa shape index (κ1) is 13.6. The number of nitrogens with zero attached hydrogens (tertiary/aromatic N) is 3.